The first kappa shape index (κ1) is 24.0. The molecule has 188 valence electrons. The fourth-order valence-corrected chi connectivity index (χ4v) is 4.33. The Balaban J connectivity index is 1.62. The molecule has 37 heavy (non-hydrogen) atoms. The maximum atomic E-state index is 13.7. The van der Waals surface area contributed by atoms with Gasteiger partial charge in [-0.3, -0.25) is 14.5 Å². The van der Waals surface area contributed by atoms with Crippen LogP contribution in [0.5, 0.6) is 11.5 Å². The number of alkyl halides is 3. The van der Waals surface area contributed by atoms with E-state index in [9.17, 15) is 27.9 Å². The Morgan fingerprint density at radius 3 is 2.43 bits per heavy atom. The van der Waals surface area contributed by atoms with E-state index in [-0.39, 0.29) is 17.0 Å². The lowest BCUT2D eigenvalue weighted by atomic mass is 9.95. The van der Waals surface area contributed by atoms with Gasteiger partial charge in [-0.05, 0) is 29.8 Å². The SMILES string of the molecule is COc1cccc2cc(C(=O)C3=C(O)C(=O)N(c4cccc(OC(F)(F)F)c4)C3c3ccccc3)oc12. The van der Waals surface area contributed by atoms with Crippen LogP contribution in [0.25, 0.3) is 11.0 Å². The zero-order chi connectivity index (χ0) is 26.3. The number of ketones is 1. The zero-order valence-electron chi connectivity index (χ0n) is 19.2. The molecule has 5 rings (SSSR count). The van der Waals surface area contributed by atoms with E-state index in [1.165, 1.54) is 25.3 Å². The third-order valence-electron chi connectivity index (χ3n) is 5.85. The summed E-state index contributed by atoms with van der Waals surface area (Å²) in [5.74, 6) is -2.88. The van der Waals surface area contributed by atoms with Gasteiger partial charge < -0.3 is 19.0 Å². The number of rotatable bonds is 6. The summed E-state index contributed by atoms with van der Waals surface area (Å²) in [6, 6.07) is 18.5. The average molecular weight is 509 g/mol. The molecule has 0 bridgehead atoms. The van der Waals surface area contributed by atoms with Crippen LogP contribution in [0, 0.1) is 0 Å². The highest BCUT2D eigenvalue weighted by Crippen LogP contribution is 2.43. The number of carbonyl (C=O) groups excluding carboxylic acids is 2. The lowest BCUT2D eigenvalue weighted by Crippen LogP contribution is -2.31. The van der Waals surface area contributed by atoms with Crippen molar-refractivity contribution < 1.29 is 41.8 Å². The van der Waals surface area contributed by atoms with E-state index in [1.54, 1.807) is 48.5 Å². The number of benzene rings is 3. The second-order valence-corrected chi connectivity index (χ2v) is 8.11. The fourth-order valence-electron chi connectivity index (χ4n) is 4.33. The van der Waals surface area contributed by atoms with E-state index in [0.717, 1.165) is 17.0 Å². The van der Waals surface area contributed by atoms with Gasteiger partial charge >= 0.3 is 6.36 Å². The molecule has 0 aliphatic carbocycles. The minimum atomic E-state index is -4.95. The van der Waals surface area contributed by atoms with Crippen LogP contribution >= 0.6 is 0 Å². The van der Waals surface area contributed by atoms with E-state index in [2.05, 4.69) is 4.74 Å². The molecule has 0 radical (unpaired) electrons. The molecule has 0 saturated heterocycles. The minimum absolute atomic E-state index is 0.0128. The number of para-hydroxylation sites is 1. The smallest absolute Gasteiger partial charge is 0.503 e. The van der Waals surface area contributed by atoms with Crippen LogP contribution in [0.3, 0.4) is 0 Å². The van der Waals surface area contributed by atoms with Crippen LogP contribution in [-0.4, -0.2) is 30.3 Å². The van der Waals surface area contributed by atoms with Crippen molar-refractivity contribution >= 4 is 28.3 Å². The van der Waals surface area contributed by atoms with Gasteiger partial charge in [0.2, 0.25) is 5.78 Å². The Kier molecular flexibility index (Phi) is 5.87. The van der Waals surface area contributed by atoms with Crippen molar-refractivity contribution in [3.63, 3.8) is 0 Å². The summed E-state index contributed by atoms with van der Waals surface area (Å²) in [6.07, 6.45) is -4.95. The predicted octanol–water partition coefficient (Wildman–Crippen LogP) is 6.12. The molecule has 3 aromatic carbocycles. The second kappa shape index (κ2) is 9.05. The molecule has 2 heterocycles. The molecule has 1 amide bonds. The lowest BCUT2D eigenvalue weighted by Gasteiger charge is -2.27. The van der Waals surface area contributed by atoms with Crippen molar-refractivity contribution in [1.29, 1.82) is 0 Å². The maximum Gasteiger partial charge on any atom is 0.573 e. The molecule has 10 heteroatoms. The number of aliphatic hydroxyl groups is 1. The number of hydrogen-bond donors (Lipinski definition) is 1. The third kappa shape index (κ3) is 4.37. The van der Waals surface area contributed by atoms with E-state index >= 15 is 0 Å². The van der Waals surface area contributed by atoms with Gasteiger partial charge in [0.1, 0.15) is 5.75 Å². The molecule has 1 atom stereocenters. The first-order valence-corrected chi connectivity index (χ1v) is 11.0. The molecule has 0 fully saturated rings. The monoisotopic (exact) mass is 509 g/mol. The maximum absolute atomic E-state index is 13.7. The molecule has 1 aliphatic rings. The van der Waals surface area contributed by atoms with Crippen LogP contribution in [0.4, 0.5) is 18.9 Å². The normalized spacial score (nSPS) is 15.9. The average Bonchev–Trinajstić information content (AvgIpc) is 3.42. The topological polar surface area (TPSA) is 89.2 Å². The standard InChI is InChI=1S/C27H18F3NO6/c1-35-19-12-5-9-16-13-20(36-25(16)19)23(32)21-22(15-7-3-2-4-8-15)31(26(34)24(21)33)17-10-6-11-18(14-17)37-27(28,29)30/h2-14,22,33H,1H3. The Morgan fingerprint density at radius 1 is 1.00 bits per heavy atom. The van der Waals surface area contributed by atoms with E-state index in [1.807, 2.05) is 0 Å². The summed E-state index contributed by atoms with van der Waals surface area (Å²) < 4.78 is 53.5. The van der Waals surface area contributed by atoms with Gasteiger partial charge in [0.15, 0.2) is 22.9 Å². The summed E-state index contributed by atoms with van der Waals surface area (Å²) in [5.41, 5.74) is 0.458. The lowest BCUT2D eigenvalue weighted by molar-refractivity contribution is -0.274. The van der Waals surface area contributed by atoms with Gasteiger partial charge in [0, 0.05) is 17.1 Å². The minimum Gasteiger partial charge on any atom is -0.503 e. The molecule has 1 aliphatic heterocycles. The first-order valence-electron chi connectivity index (χ1n) is 11.0. The number of Topliss-reactive ketones (excluding diaryl/α,β-unsaturated/α-hetero) is 1. The van der Waals surface area contributed by atoms with E-state index < -0.39 is 35.6 Å². The van der Waals surface area contributed by atoms with Crippen LogP contribution in [0.1, 0.15) is 22.2 Å². The summed E-state index contributed by atoms with van der Waals surface area (Å²) in [7, 11) is 1.45. The van der Waals surface area contributed by atoms with Gasteiger partial charge in [-0.2, -0.15) is 0 Å². The van der Waals surface area contributed by atoms with E-state index in [0.29, 0.717) is 22.3 Å². The summed E-state index contributed by atoms with van der Waals surface area (Å²) in [4.78, 5) is 28.0. The van der Waals surface area contributed by atoms with Crippen LogP contribution < -0.4 is 14.4 Å². The molecule has 1 N–H and O–H groups in total. The van der Waals surface area contributed by atoms with Crippen LogP contribution in [0.2, 0.25) is 0 Å². The Hall–Kier alpha value is -4.73. The number of carbonyl (C=O) groups is 2. The number of halogens is 3. The number of anilines is 1. The molecule has 4 aromatic rings. The fraction of sp³-hybridized carbons (Fsp3) is 0.111. The molecule has 1 aromatic heterocycles. The third-order valence-corrected chi connectivity index (χ3v) is 5.85. The molecule has 0 saturated carbocycles. The number of hydrogen-bond acceptors (Lipinski definition) is 6. The number of amides is 1. The Bertz CT molecular complexity index is 1540. The highest BCUT2D eigenvalue weighted by Gasteiger charge is 2.45. The number of methoxy groups -OCH3 is 1. The first-order chi connectivity index (χ1) is 17.7. The Labute approximate surface area is 207 Å². The van der Waals surface area contributed by atoms with Crippen molar-refractivity contribution in [3.8, 4) is 11.5 Å². The highest BCUT2D eigenvalue weighted by molar-refractivity contribution is 6.20. The Morgan fingerprint density at radius 2 is 1.73 bits per heavy atom. The number of aliphatic hydroxyl groups excluding tert-OH is 1. The number of nitrogens with zero attached hydrogens (tertiary/aromatic N) is 1. The summed E-state index contributed by atoms with van der Waals surface area (Å²) in [5, 5.41) is 11.4. The van der Waals surface area contributed by atoms with Crippen molar-refractivity contribution in [1.82, 2.24) is 0 Å². The second-order valence-electron chi connectivity index (χ2n) is 8.11. The molecule has 1 unspecified atom stereocenters. The van der Waals surface area contributed by atoms with Gasteiger partial charge in [0.05, 0.1) is 18.7 Å². The molecule has 0 spiro atoms. The summed E-state index contributed by atoms with van der Waals surface area (Å²) >= 11 is 0. The van der Waals surface area contributed by atoms with Gasteiger partial charge in [-0.25, -0.2) is 0 Å². The molecule has 7 nitrogen and oxygen atoms in total. The predicted molar refractivity (Wildman–Crippen MR) is 127 cm³/mol. The van der Waals surface area contributed by atoms with Crippen molar-refractivity contribution in [2.45, 2.75) is 12.4 Å². The molecular formula is C27H18F3NO6. The quantitative estimate of drug-likeness (QED) is 0.315. The van der Waals surface area contributed by atoms with Crippen LogP contribution in [-0.2, 0) is 4.79 Å². The van der Waals surface area contributed by atoms with Crippen molar-refractivity contribution in [3.05, 3.63) is 102 Å². The largest absolute Gasteiger partial charge is 0.573 e. The number of fused-ring (bicyclic) bond motifs is 1. The van der Waals surface area contributed by atoms with Gasteiger partial charge in [0.25, 0.3) is 5.91 Å². The highest BCUT2D eigenvalue weighted by atomic mass is 19.4. The summed E-state index contributed by atoms with van der Waals surface area (Å²) in [6.45, 7) is 0. The van der Waals surface area contributed by atoms with Gasteiger partial charge in [-0.15, -0.1) is 13.2 Å². The number of ether oxygens (including phenoxy) is 2. The van der Waals surface area contributed by atoms with Crippen molar-refractivity contribution in [2.24, 2.45) is 0 Å². The van der Waals surface area contributed by atoms with E-state index in [4.69, 9.17) is 9.15 Å². The molecular weight excluding hydrogens is 491 g/mol. The van der Waals surface area contributed by atoms with Gasteiger partial charge in [-0.1, -0.05) is 48.5 Å². The van der Waals surface area contributed by atoms with Crippen molar-refractivity contribution in [2.75, 3.05) is 12.0 Å². The zero-order valence-corrected chi connectivity index (χ0v) is 19.2. The number of furan rings is 1. The van der Waals surface area contributed by atoms with Crippen LogP contribution in [0.15, 0.2) is 94.6 Å².